The predicted octanol–water partition coefficient (Wildman–Crippen LogP) is 0.568. The lowest BCUT2D eigenvalue weighted by atomic mass is 10.0. The summed E-state index contributed by atoms with van der Waals surface area (Å²) in [6.45, 7) is 6.96. The maximum absolute atomic E-state index is 12.1. The van der Waals surface area contributed by atoms with Gasteiger partial charge in [-0.05, 0) is 19.3 Å². The maximum atomic E-state index is 12.1. The van der Waals surface area contributed by atoms with Crippen molar-refractivity contribution in [3.63, 3.8) is 0 Å². The van der Waals surface area contributed by atoms with E-state index in [9.17, 15) is 14.4 Å². The number of hydrogen-bond acceptors (Lipinski definition) is 4. The largest absolute Gasteiger partial charge is 0.347 e. The third kappa shape index (κ3) is 5.21. The molecule has 1 rings (SSSR count). The van der Waals surface area contributed by atoms with Crippen LogP contribution in [0.1, 0.15) is 32.9 Å². The van der Waals surface area contributed by atoms with Crippen LogP contribution in [0.25, 0.3) is 0 Å². The number of aromatic nitrogens is 2. The molecular weight excluding hydrogens is 260 g/mol. The van der Waals surface area contributed by atoms with Gasteiger partial charge in [-0.3, -0.25) is 9.59 Å². The van der Waals surface area contributed by atoms with E-state index in [-0.39, 0.29) is 23.6 Å². The van der Waals surface area contributed by atoms with Gasteiger partial charge in [-0.2, -0.15) is 4.98 Å². The molecule has 0 bridgehead atoms. The van der Waals surface area contributed by atoms with Crippen LogP contribution in [0.3, 0.4) is 0 Å². The summed E-state index contributed by atoms with van der Waals surface area (Å²) in [5, 5.41) is 5.15. The van der Waals surface area contributed by atoms with Gasteiger partial charge in [-0.1, -0.05) is 13.8 Å². The molecule has 1 aromatic rings. The fourth-order valence-corrected chi connectivity index (χ4v) is 1.81. The lowest BCUT2D eigenvalue weighted by molar-refractivity contribution is -0.125. The number of nitrogens with zero attached hydrogens (tertiary/aromatic N) is 1. The summed E-state index contributed by atoms with van der Waals surface area (Å²) in [6, 6.07) is 0.911. The Kier molecular flexibility index (Phi) is 5.42. The first-order valence-corrected chi connectivity index (χ1v) is 6.44. The highest BCUT2D eigenvalue weighted by molar-refractivity contribution is 5.96. The molecule has 3 N–H and O–H groups in total. The van der Waals surface area contributed by atoms with Gasteiger partial charge < -0.3 is 15.6 Å². The Morgan fingerprint density at radius 3 is 2.55 bits per heavy atom. The van der Waals surface area contributed by atoms with Crippen molar-refractivity contribution >= 4 is 17.6 Å². The van der Waals surface area contributed by atoms with Gasteiger partial charge in [0.25, 0.3) is 0 Å². The molecule has 0 unspecified atom stereocenters. The van der Waals surface area contributed by atoms with Gasteiger partial charge in [-0.25, -0.2) is 4.79 Å². The van der Waals surface area contributed by atoms with Crippen LogP contribution in [0, 0.1) is 12.8 Å². The van der Waals surface area contributed by atoms with Crippen molar-refractivity contribution in [2.45, 2.75) is 40.2 Å². The number of aryl methyl sites for hydroxylation is 1. The number of carbonyl (C=O) groups is 2. The van der Waals surface area contributed by atoms with Gasteiger partial charge in [-0.15, -0.1) is 0 Å². The third-order valence-corrected chi connectivity index (χ3v) is 2.53. The topological polar surface area (TPSA) is 104 Å². The minimum absolute atomic E-state index is 0.176. The van der Waals surface area contributed by atoms with Gasteiger partial charge in [0.05, 0.1) is 0 Å². The van der Waals surface area contributed by atoms with E-state index in [0.717, 1.165) is 0 Å². The number of anilines is 1. The number of amides is 2. The number of hydrogen-bond donors (Lipinski definition) is 3. The van der Waals surface area contributed by atoms with Gasteiger partial charge in [0.15, 0.2) is 0 Å². The number of H-pyrrole nitrogens is 1. The van der Waals surface area contributed by atoms with E-state index in [1.165, 1.54) is 6.92 Å². The van der Waals surface area contributed by atoms with Crippen molar-refractivity contribution in [1.82, 2.24) is 15.3 Å². The smallest absolute Gasteiger partial charge is 0.345 e. The Morgan fingerprint density at radius 1 is 1.40 bits per heavy atom. The lowest BCUT2D eigenvalue weighted by Crippen LogP contribution is -2.44. The molecule has 1 heterocycles. The fourth-order valence-electron chi connectivity index (χ4n) is 1.81. The third-order valence-electron chi connectivity index (χ3n) is 2.53. The van der Waals surface area contributed by atoms with Crippen molar-refractivity contribution < 1.29 is 9.59 Å². The average Bonchev–Trinajstić information content (AvgIpc) is 2.24. The molecule has 0 saturated carbocycles. The molecule has 0 aliphatic carbocycles. The highest BCUT2D eigenvalue weighted by Crippen LogP contribution is 2.08. The SMILES string of the molecule is CC(=O)N[C@@H](CC(C)C)C(=O)Nc1cc(C)[nH]c(=O)n1. The van der Waals surface area contributed by atoms with Crippen LogP contribution < -0.4 is 16.3 Å². The van der Waals surface area contributed by atoms with Gasteiger partial charge in [0, 0.05) is 18.7 Å². The highest BCUT2D eigenvalue weighted by atomic mass is 16.2. The molecule has 0 aliphatic heterocycles. The quantitative estimate of drug-likeness (QED) is 0.733. The van der Waals surface area contributed by atoms with Gasteiger partial charge in [0.1, 0.15) is 11.9 Å². The molecular formula is C13H20N4O3. The Morgan fingerprint density at radius 2 is 2.05 bits per heavy atom. The first-order valence-electron chi connectivity index (χ1n) is 6.44. The van der Waals surface area contributed by atoms with Crippen LogP contribution >= 0.6 is 0 Å². The molecule has 0 spiro atoms. The Bertz CT molecular complexity index is 551. The molecule has 7 nitrogen and oxygen atoms in total. The molecule has 0 aliphatic rings. The van der Waals surface area contributed by atoms with E-state index in [0.29, 0.717) is 12.1 Å². The summed E-state index contributed by atoms with van der Waals surface area (Å²) in [7, 11) is 0. The zero-order valence-electron chi connectivity index (χ0n) is 12.1. The molecule has 0 radical (unpaired) electrons. The first-order chi connectivity index (χ1) is 9.27. The van der Waals surface area contributed by atoms with Crippen LogP contribution in [0.15, 0.2) is 10.9 Å². The Hall–Kier alpha value is -2.18. The standard InChI is InChI=1S/C13H20N4O3/c1-7(2)5-10(15-9(4)18)12(19)16-11-6-8(3)14-13(20)17-11/h6-7,10H,5H2,1-4H3,(H,15,18)(H2,14,16,17,19,20)/t10-/m0/s1. The van der Waals surface area contributed by atoms with E-state index in [1.54, 1.807) is 13.0 Å². The molecule has 1 atom stereocenters. The molecule has 2 amide bonds. The van der Waals surface area contributed by atoms with Crippen molar-refractivity contribution in [1.29, 1.82) is 0 Å². The minimum Gasteiger partial charge on any atom is -0.345 e. The average molecular weight is 280 g/mol. The van der Waals surface area contributed by atoms with E-state index in [1.807, 2.05) is 13.8 Å². The van der Waals surface area contributed by atoms with E-state index >= 15 is 0 Å². The zero-order chi connectivity index (χ0) is 15.3. The van der Waals surface area contributed by atoms with Crippen molar-refractivity contribution in [2.24, 2.45) is 5.92 Å². The normalized spacial score (nSPS) is 12.1. The number of nitrogens with one attached hydrogen (secondary N) is 3. The molecule has 20 heavy (non-hydrogen) atoms. The van der Waals surface area contributed by atoms with E-state index in [4.69, 9.17) is 0 Å². The van der Waals surface area contributed by atoms with Crippen LogP contribution in [0.5, 0.6) is 0 Å². The van der Waals surface area contributed by atoms with Gasteiger partial charge in [0.2, 0.25) is 11.8 Å². The summed E-state index contributed by atoms with van der Waals surface area (Å²) in [5.41, 5.74) is 0.0699. The van der Waals surface area contributed by atoms with Crippen LogP contribution in [0.2, 0.25) is 0 Å². The molecule has 7 heteroatoms. The lowest BCUT2D eigenvalue weighted by Gasteiger charge is -2.19. The molecule has 1 aromatic heterocycles. The minimum atomic E-state index is -0.645. The molecule has 0 aromatic carbocycles. The maximum Gasteiger partial charge on any atom is 0.347 e. The van der Waals surface area contributed by atoms with E-state index in [2.05, 4.69) is 20.6 Å². The number of rotatable bonds is 5. The molecule has 0 saturated heterocycles. The number of aromatic amines is 1. The van der Waals surface area contributed by atoms with Crippen molar-refractivity contribution in [3.05, 3.63) is 22.2 Å². The molecule has 110 valence electrons. The molecule has 0 fully saturated rings. The zero-order valence-corrected chi connectivity index (χ0v) is 12.1. The van der Waals surface area contributed by atoms with Crippen LogP contribution in [0.4, 0.5) is 5.82 Å². The summed E-state index contributed by atoms with van der Waals surface area (Å²) >= 11 is 0. The van der Waals surface area contributed by atoms with Gasteiger partial charge >= 0.3 is 5.69 Å². The van der Waals surface area contributed by atoms with Crippen LogP contribution in [-0.2, 0) is 9.59 Å². The Balaban J connectivity index is 2.83. The second-order valence-corrected chi connectivity index (χ2v) is 5.13. The summed E-state index contributed by atoms with van der Waals surface area (Å²) < 4.78 is 0. The Labute approximate surface area is 117 Å². The monoisotopic (exact) mass is 280 g/mol. The summed E-state index contributed by atoms with van der Waals surface area (Å²) in [5.74, 6) is -0.242. The highest BCUT2D eigenvalue weighted by Gasteiger charge is 2.21. The summed E-state index contributed by atoms with van der Waals surface area (Å²) in [6.07, 6.45) is 0.508. The van der Waals surface area contributed by atoms with E-state index < -0.39 is 11.7 Å². The summed E-state index contributed by atoms with van der Waals surface area (Å²) in [4.78, 5) is 40.6. The number of carbonyl (C=O) groups excluding carboxylic acids is 2. The fraction of sp³-hybridized carbons (Fsp3) is 0.538. The first kappa shape index (κ1) is 15.9. The predicted molar refractivity (Wildman–Crippen MR) is 75.3 cm³/mol. The van der Waals surface area contributed by atoms with Crippen molar-refractivity contribution in [3.8, 4) is 0 Å². The van der Waals surface area contributed by atoms with Crippen LogP contribution in [-0.4, -0.2) is 27.8 Å². The van der Waals surface area contributed by atoms with Crippen molar-refractivity contribution in [2.75, 3.05) is 5.32 Å². The second kappa shape index (κ2) is 6.83. The second-order valence-electron chi connectivity index (χ2n) is 5.13.